The van der Waals surface area contributed by atoms with Gasteiger partial charge in [0, 0.05) is 31.4 Å². The van der Waals surface area contributed by atoms with E-state index in [1.54, 1.807) is 11.9 Å². The van der Waals surface area contributed by atoms with Gasteiger partial charge in [-0.3, -0.25) is 9.59 Å². The molecule has 1 rings (SSSR count). The number of amides is 2. The lowest BCUT2D eigenvalue weighted by atomic mass is 10.1. The Balaban J connectivity index is 2.72. The Kier molecular flexibility index (Phi) is 7.31. The number of hydrogen-bond donors (Lipinski definition) is 1. The Labute approximate surface area is 136 Å². The van der Waals surface area contributed by atoms with Crippen molar-refractivity contribution in [1.29, 1.82) is 0 Å². The highest BCUT2D eigenvalue weighted by Crippen LogP contribution is 2.17. The number of hydrogen-bond acceptors (Lipinski definition) is 5. The number of aryl methyl sites for hydroxylation is 2. The summed E-state index contributed by atoms with van der Waals surface area (Å²) < 4.78 is 0. The van der Waals surface area contributed by atoms with E-state index < -0.39 is 0 Å². The first-order valence-corrected chi connectivity index (χ1v) is 8.51. The molecule has 0 bridgehead atoms. The fourth-order valence-corrected chi connectivity index (χ4v) is 2.64. The molecular formula is C15H24N4O2S. The van der Waals surface area contributed by atoms with Crippen molar-refractivity contribution in [3.05, 3.63) is 17.0 Å². The summed E-state index contributed by atoms with van der Waals surface area (Å²) in [6.07, 6.45) is 2.89. The topological polar surface area (TPSA) is 75.2 Å². The van der Waals surface area contributed by atoms with Gasteiger partial charge in [-0.1, -0.05) is 11.8 Å². The van der Waals surface area contributed by atoms with Gasteiger partial charge in [0.1, 0.15) is 0 Å². The predicted octanol–water partition coefficient (Wildman–Crippen LogP) is 1.34. The van der Waals surface area contributed by atoms with E-state index in [1.165, 1.54) is 11.8 Å². The highest BCUT2D eigenvalue weighted by atomic mass is 32.2. The van der Waals surface area contributed by atoms with Gasteiger partial charge in [0.15, 0.2) is 5.16 Å². The van der Waals surface area contributed by atoms with Crippen LogP contribution in [0.5, 0.6) is 0 Å². The number of rotatable bonds is 7. The molecule has 0 saturated heterocycles. The lowest BCUT2D eigenvalue weighted by Crippen LogP contribution is -2.39. The summed E-state index contributed by atoms with van der Waals surface area (Å²) in [5, 5.41) is 3.28. The second-order valence-corrected chi connectivity index (χ2v) is 5.71. The van der Waals surface area contributed by atoms with E-state index >= 15 is 0 Å². The molecule has 6 nitrogen and oxygen atoms in total. The average molecular weight is 324 g/mol. The minimum absolute atomic E-state index is 0.0288. The highest BCUT2D eigenvalue weighted by molar-refractivity contribution is 7.98. The maximum atomic E-state index is 12.2. The molecule has 1 N–H and O–H groups in total. The van der Waals surface area contributed by atoms with Crippen LogP contribution in [-0.2, 0) is 16.0 Å². The normalized spacial score (nSPS) is 10.4. The van der Waals surface area contributed by atoms with Crippen LogP contribution in [0.1, 0.15) is 30.3 Å². The second kappa shape index (κ2) is 8.73. The number of carbonyl (C=O) groups is 2. The summed E-state index contributed by atoms with van der Waals surface area (Å²) in [4.78, 5) is 34.1. The van der Waals surface area contributed by atoms with Crippen molar-refractivity contribution in [3.8, 4) is 0 Å². The molecule has 1 aromatic heterocycles. The zero-order valence-corrected chi connectivity index (χ0v) is 14.7. The summed E-state index contributed by atoms with van der Waals surface area (Å²) in [5.74, 6) is -0.186. The third-order valence-corrected chi connectivity index (χ3v) is 4.07. The molecule has 0 aliphatic rings. The van der Waals surface area contributed by atoms with Gasteiger partial charge in [-0.05, 0) is 39.0 Å². The number of nitrogens with one attached hydrogen (secondary N) is 1. The quantitative estimate of drug-likeness (QED) is 0.605. The van der Waals surface area contributed by atoms with Crippen molar-refractivity contribution in [2.75, 3.05) is 26.4 Å². The fraction of sp³-hybridized carbons (Fsp3) is 0.600. The number of thioether (sulfide) groups is 1. The largest absolute Gasteiger partial charge is 0.358 e. The van der Waals surface area contributed by atoms with Gasteiger partial charge in [0.2, 0.25) is 11.8 Å². The molecule has 0 aliphatic carbocycles. The molecule has 7 heteroatoms. The summed E-state index contributed by atoms with van der Waals surface area (Å²) in [6.45, 7) is 6.37. The smallest absolute Gasteiger partial charge is 0.239 e. The SMILES string of the molecule is CCN(CC(=O)NC)C(=O)CCc1c(C)nc(SC)nc1C. The molecule has 0 atom stereocenters. The highest BCUT2D eigenvalue weighted by Gasteiger charge is 2.16. The van der Waals surface area contributed by atoms with Crippen LogP contribution in [-0.4, -0.2) is 53.1 Å². The molecular weight excluding hydrogens is 300 g/mol. The first-order chi connectivity index (χ1) is 10.4. The van der Waals surface area contributed by atoms with E-state index in [0.717, 1.165) is 22.1 Å². The molecule has 0 saturated carbocycles. The van der Waals surface area contributed by atoms with Crippen molar-refractivity contribution < 1.29 is 9.59 Å². The molecule has 122 valence electrons. The Morgan fingerprint density at radius 3 is 2.27 bits per heavy atom. The molecule has 0 spiro atoms. The van der Waals surface area contributed by atoms with Gasteiger partial charge >= 0.3 is 0 Å². The van der Waals surface area contributed by atoms with Crippen LogP contribution in [0.3, 0.4) is 0 Å². The van der Waals surface area contributed by atoms with Gasteiger partial charge in [-0.2, -0.15) is 0 Å². The van der Waals surface area contributed by atoms with E-state index in [9.17, 15) is 9.59 Å². The maximum Gasteiger partial charge on any atom is 0.239 e. The lowest BCUT2D eigenvalue weighted by molar-refractivity contribution is -0.135. The van der Waals surface area contributed by atoms with Crippen LogP contribution in [0.15, 0.2) is 5.16 Å². The standard InChI is InChI=1S/C15H24N4O2S/c1-6-19(9-13(20)16-4)14(21)8-7-12-10(2)17-15(22-5)18-11(12)3/h6-9H2,1-5H3,(H,16,20). The third kappa shape index (κ3) is 4.98. The molecule has 22 heavy (non-hydrogen) atoms. The first kappa shape index (κ1) is 18.4. The lowest BCUT2D eigenvalue weighted by Gasteiger charge is -2.20. The van der Waals surface area contributed by atoms with Crippen LogP contribution >= 0.6 is 11.8 Å². The van der Waals surface area contributed by atoms with E-state index in [0.29, 0.717) is 19.4 Å². The first-order valence-electron chi connectivity index (χ1n) is 7.29. The van der Waals surface area contributed by atoms with Crippen molar-refractivity contribution >= 4 is 23.6 Å². The summed E-state index contributed by atoms with van der Waals surface area (Å²) in [6, 6.07) is 0. The van der Waals surface area contributed by atoms with E-state index in [4.69, 9.17) is 0 Å². The molecule has 0 unspecified atom stereocenters. The van der Waals surface area contributed by atoms with Crippen molar-refractivity contribution in [2.24, 2.45) is 0 Å². The predicted molar refractivity (Wildman–Crippen MR) is 87.9 cm³/mol. The number of carbonyl (C=O) groups excluding carboxylic acids is 2. The number of nitrogens with zero attached hydrogens (tertiary/aromatic N) is 3. The monoisotopic (exact) mass is 324 g/mol. The summed E-state index contributed by atoms with van der Waals surface area (Å²) >= 11 is 1.51. The minimum atomic E-state index is -0.157. The maximum absolute atomic E-state index is 12.2. The van der Waals surface area contributed by atoms with Gasteiger partial charge in [0.05, 0.1) is 6.54 Å². The van der Waals surface area contributed by atoms with E-state index in [2.05, 4.69) is 15.3 Å². The molecule has 0 aromatic carbocycles. The molecule has 2 amide bonds. The van der Waals surface area contributed by atoms with E-state index in [1.807, 2.05) is 27.0 Å². The Hall–Kier alpha value is -1.63. The minimum Gasteiger partial charge on any atom is -0.358 e. The molecule has 1 heterocycles. The molecule has 1 aromatic rings. The fourth-order valence-electron chi connectivity index (χ4n) is 2.18. The Bertz CT molecular complexity index is 525. The van der Waals surface area contributed by atoms with E-state index in [-0.39, 0.29) is 18.4 Å². The van der Waals surface area contributed by atoms with Gasteiger partial charge in [-0.25, -0.2) is 9.97 Å². The zero-order valence-electron chi connectivity index (χ0n) is 13.9. The van der Waals surface area contributed by atoms with Gasteiger partial charge in [0.25, 0.3) is 0 Å². The van der Waals surface area contributed by atoms with Crippen molar-refractivity contribution in [3.63, 3.8) is 0 Å². The molecule has 0 radical (unpaired) electrons. The van der Waals surface area contributed by atoms with Crippen LogP contribution in [0.4, 0.5) is 0 Å². The molecule has 0 aliphatic heterocycles. The third-order valence-electron chi connectivity index (χ3n) is 3.52. The van der Waals surface area contributed by atoms with Crippen LogP contribution in [0.2, 0.25) is 0 Å². The summed E-state index contributed by atoms with van der Waals surface area (Å²) in [5.41, 5.74) is 2.85. The average Bonchev–Trinajstić information content (AvgIpc) is 2.50. The van der Waals surface area contributed by atoms with Crippen LogP contribution < -0.4 is 5.32 Å². The summed E-state index contributed by atoms with van der Waals surface area (Å²) in [7, 11) is 1.57. The zero-order chi connectivity index (χ0) is 16.7. The number of likely N-dealkylation sites (N-methyl/N-ethyl adjacent to an activating group) is 2. The van der Waals surface area contributed by atoms with Crippen molar-refractivity contribution in [1.82, 2.24) is 20.2 Å². The number of aromatic nitrogens is 2. The van der Waals surface area contributed by atoms with Crippen LogP contribution in [0, 0.1) is 13.8 Å². The Morgan fingerprint density at radius 2 is 1.82 bits per heavy atom. The second-order valence-electron chi connectivity index (χ2n) is 4.94. The van der Waals surface area contributed by atoms with Crippen LogP contribution in [0.25, 0.3) is 0 Å². The van der Waals surface area contributed by atoms with Crippen molar-refractivity contribution in [2.45, 2.75) is 38.8 Å². The Morgan fingerprint density at radius 1 is 1.23 bits per heavy atom. The molecule has 0 fully saturated rings. The van der Waals surface area contributed by atoms with Gasteiger partial charge < -0.3 is 10.2 Å². The van der Waals surface area contributed by atoms with Gasteiger partial charge in [-0.15, -0.1) is 0 Å².